The Morgan fingerprint density at radius 2 is 1.97 bits per heavy atom. The molecule has 0 spiro atoms. The van der Waals surface area contributed by atoms with Gasteiger partial charge in [-0.05, 0) is 49.4 Å². The molecule has 148 valence electrons. The summed E-state index contributed by atoms with van der Waals surface area (Å²) in [5, 5.41) is 8.90. The number of amides is 1. The van der Waals surface area contributed by atoms with Gasteiger partial charge in [0.05, 0.1) is 42.0 Å². The standard InChI is InChI=1S/C21H19N3O4S/c1-3-28-16-8-9-17-18(12-16)29-21(24(17)11-10-19(25)27-2)23-20(26)15-6-4-14(13-22)5-7-15/h4-9,12H,3,10-11H2,1-2H3. The van der Waals surface area contributed by atoms with Gasteiger partial charge < -0.3 is 14.0 Å². The fraction of sp³-hybridized carbons (Fsp3) is 0.238. The second-order valence-corrected chi connectivity index (χ2v) is 7.04. The number of carbonyl (C=O) groups is 2. The van der Waals surface area contributed by atoms with Crippen LogP contribution in [0.2, 0.25) is 0 Å². The van der Waals surface area contributed by atoms with Crippen LogP contribution >= 0.6 is 11.3 Å². The largest absolute Gasteiger partial charge is 0.494 e. The number of aromatic nitrogens is 1. The van der Waals surface area contributed by atoms with Crippen LogP contribution < -0.4 is 9.54 Å². The Morgan fingerprint density at radius 1 is 1.21 bits per heavy atom. The first-order valence-corrected chi connectivity index (χ1v) is 9.79. The van der Waals surface area contributed by atoms with Crippen LogP contribution in [0.25, 0.3) is 10.2 Å². The Morgan fingerprint density at radius 3 is 2.62 bits per heavy atom. The highest BCUT2D eigenvalue weighted by Crippen LogP contribution is 2.24. The van der Waals surface area contributed by atoms with E-state index in [9.17, 15) is 9.59 Å². The molecule has 0 N–H and O–H groups in total. The van der Waals surface area contributed by atoms with Crippen LogP contribution in [0.1, 0.15) is 29.3 Å². The number of aryl methyl sites for hydroxylation is 1. The van der Waals surface area contributed by atoms with Crippen molar-refractivity contribution in [1.29, 1.82) is 5.26 Å². The molecule has 8 heteroatoms. The van der Waals surface area contributed by atoms with Gasteiger partial charge in [-0.25, -0.2) is 0 Å². The Kier molecular flexibility index (Phi) is 6.42. The molecule has 2 aromatic carbocycles. The van der Waals surface area contributed by atoms with Gasteiger partial charge in [0.25, 0.3) is 5.91 Å². The van der Waals surface area contributed by atoms with E-state index in [0.29, 0.717) is 29.1 Å². The number of rotatable bonds is 6. The third-order valence-electron chi connectivity index (χ3n) is 4.19. The van der Waals surface area contributed by atoms with Crippen molar-refractivity contribution < 1.29 is 19.1 Å². The molecular weight excluding hydrogens is 390 g/mol. The maximum atomic E-state index is 12.6. The predicted molar refractivity (Wildman–Crippen MR) is 109 cm³/mol. The van der Waals surface area contributed by atoms with Gasteiger partial charge in [0.1, 0.15) is 5.75 Å². The van der Waals surface area contributed by atoms with Crippen molar-refractivity contribution in [3.63, 3.8) is 0 Å². The molecule has 0 unspecified atom stereocenters. The quantitative estimate of drug-likeness (QED) is 0.583. The summed E-state index contributed by atoms with van der Waals surface area (Å²) in [5.41, 5.74) is 1.71. The summed E-state index contributed by atoms with van der Waals surface area (Å²) in [6, 6.07) is 13.9. The summed E-state index contributed by atoms with van der Waals surface area (Å²) in [4.78, 5) is 29.0. The van der Waals surface area contributed by atoms with E-state index in [1.54, 1.807) is 24.3 Å². The van der Waals surface area contributed by atoms with E-state index in [1.165, 1.54) is 18.4 Å². The molecule has 1 amide bonds. The molecule has 0 aliphatic rings. The number of benzene rings is 2. The van der Waals surface area contributed by atoms with Crippen molar-refractivity contribution in [2.24, 2.45) is 4.99 Å². The average molecular weight is 409 g/mol. The van der Waals surface area contributed by atoms with Crippen LogP contribution in [-0.4, -0.2) is 30.2 Å². The third kappa shape index (κ3) is 4.70. The maximum absolute atomic E-state index is 12.6. The van der Waals surface area contributed by atoms with Crippen LogP contribution in [0.3, 0.4) is 0 Å². The van der Waals surface area contributed by atoms with Crippen molar-refractivity contribution in [2.75, 3.05) is 13.7 Å². The number of thiazole rings is 1. The molecule has 3 rings (SSSR count). The maximum Gasteiger partial charge on any atom is 0.307 e. The van der Waals surface area contributed by atoms with E-state index in [1.807, 2.05) is 35.8 Å². The number of nitrogens with zero attached hydrogens (tertiary/aromatic N) is 3. The van der Waals surface area contributed by atoms with E-state index < -0.39 is 5.91 Å². The highest BCUT2D eigenvalue weighted by Gasteiger charge is 2.12. The number of esters is 1. The number of fused-ring (bicyclic) bond motifs is 1. The molecule has 3 aromatic rings. The minimum atomic E-state index is -0.419. The highest BCUT2D eigenvalue weighted by molar-refractivity contribution is 7.16. The summed E-state index contributed by atoms with van der Waals surface area (Å²) in [6.07, 6.45) is 0.161. The van der Waals surface area contributed by atoms with E-state index >= 15 is 0 Å². The van der Waals surface area contributed by atoms with Gasteiger partial charge in [0.2, 0.25) is 0 Å². The van der Waals surface area contributed by atoms with Crippen LogP contribution in [0.15, 0.2) is 47.5 Å². The van der Waals surface area contributed by atoms with Gasteiger partial charge in [0, 0.05) is 12.1 Å². The summed E-state index contributed by atoms with van der Waals surface area (Å²) in [6.45, 7) is 2.79. The molecular formula is C21H19N3O4S. The Balaban J connectivity index is 2.05. The zero-order chi connectivity index (χ0) is 20.8. The second kappa shape index (κ2) is 9.17. The first kappa shape index (κ1) is 20.3. The number of carbonyl (C=O) groups excluding carboxylic acids is 2. The van der Waals surface area contributed by atoms with Crippen LogP contribution in [0, 0.1) is 11.3 Å². The van der Waals surface area contributed by atoms with E-state index in [2.05, 4.69) is 4.99 Å². The molecule has 0 atom stereocenters. The Bertz CT molecular complexity index is 1150. The predicted octanol–water partition coefficient (Wildman–Crippen LogP) is 3.28. The van der Waals surface area contributed by atoms with Crippen molar-refractivity contribution in [3.8, 4) is 11.8 Å². The Labute approximate surface area is 171 Å². The third-order valence-corrected chi connectivity index (χ3v) is 5.23. The van der Waals surface area contributed by atoms with E-state index in [-0.39, 0.29) is 12.4 Å². The minimum absolute atomic E-state index is 0.161. The number of methoxy groups -OCH3 is 1. The molecule has 0 fully saturated rings. The second-order valence-electron chi connectivity index (χ2n) is 6.03. The van der Waals surface area contributed by atoms with Gasteiger partial charge in [-0.2, -0.15) is 10.3 Å². The Hall–Kier alpha value is -3.44. The number of ether oxygens (including phenoxy) is 2. The molecule has 7 nitrogen and oxygen atoms in total. The van der Waals surface area contributed by atoms with Gasteiger partial charge >= 0.3 is 5.97 Å². The van der Waals surface area contributed by atoms with Crippen molar-refractivity contribution >= 4 is 33.4 Å². The van der Waals surface area contributed by atoms with E-state index in [4.69, 9.17) is 14.7 Å². The van der Waals surface area contributed by atoms with Crippen LogP contribution in [0.5, 0.6) is 5.75 Å². The van der Waals surface area contributed by atoms with Gasteiger partial charge in [0.15, 0.2) is 4.80 Å². The lowest BCUT2D eigenvalue weighted by molar-refractivity contribution is -0.140. The zero-order valence-electron chi connectivity index (χ0n) is 16.0. The molecule has 1 heterocycles. The number of hydrogen-bond acceptors (Lipinski definition) is 6. The normalized spacial score (nSPS) is 11.3. The van der Waals surface area contributed by atoms with Crippen molar-refractivity contribution in [3.05, 3.63) is 58.4 Å². The lowest BCUT2D eigenvalue weighted by Crippen LogP contribution is -2.19. The van der Waals surface area contributed by atoms with E-state index in [0.717, 1.165) is 16.0 Å². The summed E-state index contributed by atoms with van der Waals surface area (Å²) < 4.78 is 13.0. The fourth-order valence-corrected chi connectivity index (χ4v) is 3.84. The topological polar surface area (TPSA) is 93.7 Å². The smallest absolute Gasteiger partial charge is 0.307 e. The lowest BCUT2D eigenvalue weighted by atomic mass is 10.1. The average Bonchev–Trinajstić information content (AvgIpc) is 3.08. The summed E-state index contributed by atoms with van der Waals surface area (Å²) >= 11 is 1.34. The monoisotopic (exact) mass is 409 g/mol. The van der Waals surface area contributed by atoms with Crippen molar-refractivity contribution in [1.82, 2.24) is 4.57 Å². The van der Waals surface area contributed by atoms with Gasteiger partial charge in [-0.15, -0.1) is 0 Å². The minimum Gasteiger partial charge on any atom is -0.494 e. The lowest BCUT2D eigenvalue weighted by Gasteiger charge is -2.06. The molecule has 0 aliphatic carbocycles. The highest BCUT2D eigenvalue weighted by atomic mass is 32.1. The molecule has 0 bridgehead atoms. The van der Waals surface area contributed by atoms with Crippen LogP contribution in [-0.2, 0) is 16.1 Å². The fourth-order valence-electron chi connectivity index (χ4n) is 2.76. The number of nitriles is 1. The molecule has 0 aliphatic heterocycles. The summed E-state index contributed by atoms with van der Waals surface area (Å²) in [5.74, 6) is -0.0311. The van der Waals surface area contributed by atoms with Crippen molar-refractivity contribution in [2.45, 2.75) is 19.9 Å². The molecule has 1 aromatic heterocycles. The molecule has 0 saturated carbocycles. The molecule has 0 saturated heterocycles. The first-order valence-electron chi connectivity index (χ1n) is 8.98. The number of hydrogen-bond donors (Lipinski definition) is 0. The van der Waals surface area contributed by atoms with Gasteiger partial charge in [-0.1, -0.05) is 11.3 Å². The van der Waals surface area contributed by atoms with Crippen LogP contribution in [0.4, 0.5) is 0 Å². The van der Waals surface area contributed by atoms with Gasteiger partial charge in [-0.3, -0.25) is 9.59 Å². The summed E-state index contributed by atoms with van der Waals surface area (Å²) in [7, 11) is 1.34. The SMILES string of the molecule is CCOc1ccc2c(c1)sc(=NC(=O)c1ccc(C#N)cc1)n2CCC(=O)OC. The molecule has 0 radical (unpaired) electrons. The first-order chi connectivity index (χ1) is 14.0. The zero-order valence-corrected chi connectivity index (χ0v) is 16.9. The molecule has 29 heavy (non-hydrogen) atoms.